The van der Waals surface area contributed by atoms with E-state index in [9.17, 15) is 4.79 Å². The molecule has 0 amide bonds. The molecule has 0 atom stereocenters. The summed E-state index contributed by atoms with van der Waals surface area (Å²) < 4.78 is 1.12. The lowest BCUT2D eigenvalue weighted by Crippen LogP contribution is -2.03. The first-order chi connectivity index (χ1) is 7.79. The van der Waals surface area contributed by atoms with Crippen LogP contribution in [0.5, 0.6) is 0 Å². The number of Topliss-reactive ketones (excluding diaryl/α,β-unsaturated/α-hetero) is 1. The second-order valence-electron chi connectivity index (χ2n) is 3.62. The number of benzene rings is 1. The van der Waals surface area contributed by atoms with Crippen LogP contribution >= 0.6 is 11.3 Å². The minimum Gasteiger partial charge on any atom is -0.396 e. The Kier molecular flexibility index (Phi) is 3.64. The number of aromatic nitrogens is 1. The number of ketones is 1. The molecule has 0 aliphatic carbocycles. The molecule has 1 heterocycles. The maximum absolute atomic E-state index is 11.5. The third-order valence-corrected chi connectivity index (χ3v) is 3.34. The van der Waals surface area contributed by atoms with E-state index in [1.807, 2.05) is 24.3 Å². The van der Waals surface area contributed by atoms with Gasteiger partial charge in [-0.25, -0.2) is 4.98 Å². The first-order valence-corrected chi connectivity index (χ1v) is 6.08. The Balaban J connectivity index is 2.07. The monoisotopic (exact) mass is 235 g/mol. The lowest BCUT2D eigenvalue weighted by molar-refractivity contribution is -0.118. The van der Waals surface area contributed by atoms with Crippen LogP contribution in [0, 0.1) is 0 Å². The van der Waals surface area contributed by atoms with Crippen LogP contribution in [0.15, 0.2) is 24.3 Å². The van der Waals surface area contributed by atoms with E-state index in [0.29, 0.717) is 19.3 Å². The molecule has 0 bridgehead atoms. The van der Waals surface area contributed by atoms with Gasteiger partial charge in [-0.05, 0) is 18.6 Å². The van der Waals surface area contributed by atoms with Gasteiger partial charge in [-0.15, -0.1) is 11.3 Å². The lowest BCUT2D eigenvalue weighted by Gasteiger charge is -1.95. The average molecular weight is 235 g/mol. The Labute approximate surface area is 97.8 Å². The number of aliphatic hydroxyl groups is 1. The number of nitrogens with zero attached hydrogens (tertiary/aromatic N) is 1. The van der Waals surface area contributed by atoms with Gasteiger partial charge in [0.15, 0.2) is 0 Å². The second-order valence-corrected chi connectivity index (χ2v) is 4.73. The van der Waals surface area contributed by atoms with Gasteiger partial charge in [-0.1, -0.05) is 12.1 Å². The molecule has 1 aromatic carbocycles. The van der Waals surface area contributed by atoms with Crippen molar-refractivity contribution < 1.29 is 9.90 Å². The molecule has 2 rings (SSSR count). The highest BCUT2D eigenvalue weighted by molar-refractivity contribution is 7.18. The summed E-state index contributed by atoms with van der Waals surface area (Å²) in [4.78, 5) is 15.9. The molecule has 0 fully saturated rings. The van der Waals surface area contributed by atoms with E-state index in [0.717, 1.165) is 15.2 Å². The van der Waals surface area contributed by atoms with E-state index in [1.165, 1.54) is 0 Å². The van der Waals surface area contributed by atoms with Crippen LogP contribution in [-0.2, 0) is 11.2 Å². The quantitative estimate of drug-likeness (QED) is 0.864. The Hall–Kier alpha value is -1.26. The van der Waals surface area contributed by atoms with Crippen molar-refractivity contribution in [1.82, 2.24) is 4.98 Å². The number of thiazole rings is 1. The number of carbonyl (C=O) groups excluding carboxylic acids is 1. The third-order valence-electron chi connectivity index (χ3n) is 2.30. The van der Waals surface area contributed by atoms with Crippen LogP contribution in [0.4, 0.5) is 0 Å². The van der Waals surface area contributed by atoms with E-state index in [1.54, 1.807) is 11.3 Å². The van der Waals surface area contributed by atoms with Crippen LogP contribution in [0.1, 0.15) is 17.8 Å². The number of aliphatic hydroxyl groups excluding tert-OH is 1. The molecular formula is C12H13NO2S. The van der Waals surface area contributed by atoms with Crippen molar-refractivity contribution in [2.24, 2.45) is 0 Å². The fraction of sp³-hybridized carbons (Fsp3) is 0.333. The van der Waals surface area contributed by atoms with Crippen molar-refractivity contribution in [3.8, 4) is 0 Å². The molecular weight excluding hydrogens is 222 g/mol. The summed E-state index contributed by atoms with van der Waals surface area (Å²) in [5, 5.41) is 9.50. The van der Waals surface area contributed by atoms with Crippen LogP contribution in [-0.4, -0.2) is 22.5 Å². The number of carbonyl (C=O) groups is 1. The number of rotatable bonds is 5. The molecule has 84 valence electrons. The molecule has 0 aliphatic rings. The minimum absolute atomic E-state index is 0.0750. The average Bonchev–Trinajstić information content (AvgIpc) is 2.68. The van der Waals surface area contributed by atoms with Crippen LogP contribution in [0.25, 0.3) is 10.2 Å². The molecule has 3 nitrogen and oxygen atoms in total. The predicted octanol–water partition coefficient (Wildman–Crippen LogP) is 2.18. The summed E-state index contributed by atoms with van der Waals surface area (Å²) >= 11 is 1.56. The van der Waals surface area contributed by atoms with Gasteiger partial charge in [0, 0.05) is 13.0 Å². The van der Waals surface area contributed by atoms with E-state index >= 15 is 0 Å². The molecule has 0 saturated carbocycles. The fourth-order valence-corrected chi connectivity index (χ4v) is 2.52. The predicted molar refractivity (Wildman–Crippen MR) is 64.7 cm³/mol. The van der Waals surface area contributed by atoms with Crippen LogP contribution < -0.4 is 0 Å². The molecule has 0 saturated heterocycles. The van der Waals surface area contributed by atoms with E-state index in [-0.39, 0.29) is 12.4 Å². The SMILES string of the molecule is O=C(CCCO)Cc1nc2ccccc2s1. The van der Waals surface area contributed by atoms with E-state index in [2.05, 4.69) is 4.98 Å². The topological polar surface area (TPSA) is 50.2 Å². The molecule has 1 N–H and O–H groups in total. The van der Waals surface area contributed by atoms with Gasteiger partial charge < -0.3 is 5.11 Å². The maximum Gasteiger partial charge on any atom is 0.139 e. The summed E-state index contributed by atoms with van der Waals surface area (Å²) in [5.74, 6) is 0.146. The lowest BCUT2D eigenvalue weighted by atomic mass is 10.2. The molecule has 2 aromatic rings. The maximum atomic E-state index is 11.5. The zero-order valence-corrected chi connectivity index (χ0v) is 9.67. The highest BCUT2D eigenvalue weighted by atomic mass is 32.1. The smallest absolute Gasteiger partial charge is 0.139 e. The van der Waals surface area contributed by atoms with Gasteiger partial charge >= 0.3 is 0 Å². The first kappa shape index (κ1) is 11.2. The summed E-state index contributed by atoms with van der Waals surface area (Å²) in [6, 6.07) is 7.87. The normalized spacial score (nSPS) is 10.8. The number of fused-ring (bicyclic) bond motifs is 1. The van der Waals surface area contributed by atoms with Gasteiger partial charge in [0.2, 0.25) is 0 Å². The molecule has 0 aliphatic heterocycles. The van der Waals surface area contributed by atoms with Gasteiger partial charge in [0.1, 0.15) is 10.8 Å². The van der Waals surface area contributed by atoms with Crippen LogP contribution in [0.3, 0.4) is 0 Å². The summed E-state index contributed by atoms with van der Waals surface area (Å²) in [6.07, 6.45) is 1.37. The molecule has 1 aromatic heterocycles. The van der Waals surface area contributed by atoms with Crippen molar-refractivity contribution in [1.29, 1.82) is 0 Å². The number of hydrogen-bond acceptors (Lipinski definition) is 4. The molecule has 0 radical (unpaired) electrons. The number of para-hydroxylation sites is 1. The molecule has 4 heteroatoms. The summed E-state index contributed by atoms with van der Waals surface area (Å²) in [7, 11) is 0. The van der Waals surface area contributed by atoms with Crippen molar-refractivity contribution >= 4 is 27.3 Å². The van der Waals surface area contributed by atoms with Crippen molar-refractivity contribution in [2.45, 2.75) is 19.3 Å². The fourth-order valence-electron chi connectivity index (χ4n) is 1.53. The van der Waals surface area contributed by atoms with Gasteiger partial charge in [0.05, 0.1) is 16.6 Å². The zero-order chi connectivity index (χ0) is 11.4. The van der Waals surface area contributed by atoms with Gasteiger partial charge in [0.25, 0.3) is 0 Å². The van der Waals surface area contributed by atoms with Crippen molar-refractivity contribution in [3.05, 3.63) is 29.3 Å². The van der Waals surface area contributed by atoms with Gasteiger partial charge in [-0.3, -0.25) is 4.79 Å². The van der Waals surface area contributed by atoms with Crippen molar-refractivity contribution in [3.63, 3.8) is 0 Å². The first-order valence-electron chi connectivity index (χ1n) is 5.26. The van der Waals surface area contributed by atoms with Gasteiger partial charge in [-0.2, -0.15) is 0 Å². The third kappa shape index (κ3) is 2.65. The minimum atomic E-state index is 0.0750. The Morgan fingerprint density at radius 1 is 1.38 bits per heavy atom. The van der Waals surface area contributed by atoms with E-state index < -0.39 is 0 Å². The number of hydrogen-bond donors (Lipinski definition) is 1. The Morgan fingerprint density at radius 2 is 2.19 bits per heavy atom. The largest absolute Gasteiger partial charge is 0.396 e. The van der Waals surface area contributed by atoms with Crippen molar-refractivity contribution in [2.75, 3.05) is 6.61 Å². The standard InChI is InChI=1S/C12H13NO2S/c14-7-3-4-9(15)8-12-13-10-5-1-2-6-11(10)16-12/h1-2,5-6,14H,3-4,7-8H2. The molecule has 16 heavy (non-hydrogen) atoms. The second kappa shape index (κ2) is 5.18. The Morgan fingerprint density at radius 3 is 2.94 bits per heavy atom. The zero-order valence-electron chi connectivity index (χ0n) is 8.85. The molecule has 0 unspecified atom stereocenters. The summed E-state index contributed by atoms with van der Waals surface area (Å²) in [5.41, 5.74) is 0.956. The molecule has 0 spiro atoms. The highest BCUT2D eigenvalue weighted by Crippen LogP contribution is 2.22. The Bertz CT molecular complexity index is 459. The highest BCUT2D eigenvalue weighted by Gasteiger charge is 2.08. The van der Waals surface area contributed by atoms with E-state index in [4.69, 9.17) is 5.11 Å². The van der Waals surface area contributed by atoms with Crippen LogP contribution in [0.2, 0.25) is 0 Å². The summed E-state index contributed by atoms with van der Waals surface area (Å²) in [6.45, 7) is 0.0750.